The minimum absolute atomic E-state index is 0.212. The number of fused-ring (bicyclic) bond motifs is 1. The Morgan fingerprint density at radius 1 is 1.03 bits per heavy atom. The van der Waals surface area contributed by atoms with Crippen LogP contribution in [-0.2, 0) is 5.54 Å². The molecule has 2 aromatic heterocycles. The monoisotopic (exact) mass is 403 g/mol. The van der Waals surface area contributed by atoms with Gasteiger partial charge in [0, 0.05) is 17.8 Å². The molecular weight excluding hydrogens is 378 g/mol. The highest BCUT2D eigenvalue weighted by atomic mass is 16.5. The lowest BCUT2D eigenvalue weighted by molar-refractivity contribution is 0.264. The van der Waals surface area contributed by atoms with Gasteiger partial charge in [0.25, 0.3) is 0 Å². The van der Waals surface area contributed by atoms with E-state index in [0.717, 1.165) is 37.1 Å². The molecule has 30 heavy (non-hydrogen) atoms. The number of ether oxygens (including phenoxy) is 1. The lowest BCUT2D eigenvalue weighted by Crippen LogP contribution is -2.45. The number of anilines is 2. The van der Waals surface area contributed by atoms with E-state index in [2.05, 4.69) is 14.9 Å². The zero-order valence-electron chi connectivity index (χ0n) is 16.7. The molecule has 0 atom stereocenters. The highest BCUT2D eigenvalue weighted by molar-refractivity contribution is 5.67. The van der Waals surface area contributed by atoms with E-state index in [9.17, 15) is 0 Å². The predicted molar refractivity (Wildman–Crippen MR) is 114 cm³/mol. The molecule has 3 heterocycles. The van der Waals surface area contributed by atoms with Gasteiger partial charge in [0.1, 0.15) is 18.2 Å². The molecule has 1 fully saturated rings. The first-order valence-electron chi connectivity index (χ1n) is 10.3. The van der Waals surface area contributed by atoms with Crippen LogP contribution in [0.3, 0.4) is 0 Å². The first-order chi connectivity index (χ1) is 14.6. The van der Waals surface area contributed by atoms with Crippen molar-refractivity contribution >= 4 is 11.6 Å². The molecule has 0 amide bonds. The molecule has 0 radical (unpaired) electrons. The Kier molecular flexibility index (Phi) is 4.80. The summed E-state index contributed by atoms with van der Waals surface area (Å²) in [6.07, 6.45) is 6.85. The molecule has 4 N–H and O–H groups in total. The summed E-state index contributed by atoms with van der Waals surface area (Å²) < 4.78 is 5.80. The van der Waals surface area contributed by atoms with E-state index in [1.54, 1.807) is 12.4 Å². The molecule has 0 unspecified atom stereocenters. The average Bonchev–Trinajstić information content (AvgIpc) is 2.81. The zero-order chi connectivity index (χ0) is 20.6. The van der Waals surface area contributed by atoms with Crippen molar-refractivity contribution in [3.05, 3.63) is 54.6 Å². The maximum absolute atomic E-state index is 6.69. The Bertz CT molecular complexity index is 1030. The van der Waals surface area contributed by atoms with E-state index in [-0.39, 0.29) is 6.04 Å². The van der Waals surface area contributed by atoms with Crippen LogP contribution in [0.1, 0.15) is 31.5 Å². The van der Waals surface area contributed by atoms with Crippen molar-refractivity contribution in [2.45, 2.75) is 37.3 Å². The standard InChI is InChI=1S/C22H25N7O/c23-16-6-9-22(24,10-7-16)21-25-11-8-18(27-21)29-12-13-30-17-14-26-19(28-20(17)29)15-4-2-1-3-5-15/h1-5,8,11,14,16H,6-7,9-10,12-13,23-24H2. The van der Waals surface area contributed by atoms with Gasteiger partial charge in [-0.15, -0.1) is 0 Å². The molecule has 154 valence electrons. The lowest BCUT2D eigenvalue weighted by atomic mass is 9.80. The van der Waals surface area contributed by atoms with Gasteiger partial charge in [-0.3, -0.25) is 0 Å². The summed E-state index contributed by atoms with van der Waals surface area (Å²) in [7, 11) is 0. The second-order valence-corrected chi connectivity index (χ2v) is 7.98. The van der Waals surface area contributed by atoms with Gasteiger partial charge in [0.15, 0.2) is 17.4 Å². The molecule has 3 aromatic rings. The normalized spacial score (nSPS) is 23.5. The van der Waals surface area contributed by atoms with Crippen molar-refractivity contribution in [3.8, 4) is 17.1 Å². The van der Waals surface area contributed by atoms with Crippen molar-refractivity contribution in [1.29, 1.82) is 0 Å². The van der Waals surface area contributed by atoms with Crippen molar-refractivity contribution in [2.75, 3.05) is 18.1 Å². The van der Waals surface area contributed by atoms with Crippen LogP contribution in [0.25, 0.3) is 11.4 Å². The highest BCUT2D eigenvalue weighted by Gasteiger charge is 2.35. The second kappa shape index (κ2) is 7.62. The summed E-state index contributed by atoms with van der Waals surface area (Å²) in [6.45, 7) is 1.17. The highest BCUT2D eigenvalue weighted by Crippen LogP contribution is 2.37. The Morgan fingerprint density at radius 3 is 2.63 bits per heavy atom. The SMILES string of the molecule is NC1CCC(N)(c2nccc(N3CCOc4cnc(-c5ccccc5)nc43)n2)CC1. The van der Waals surface area contributed by atoms with Crippen molar-refractivity contribution in [3.63, 3.8) is 0 Å². The quantitative estimate of drug-likeness (QED) is 0.685. The fraction of sp³-hybridized carbons (Fsp3) is 0.364. The third-order valence-electron chi connectivity index (χ3n) is 5.88. The van der Waals surface area contributed by atoms with Crippen LogP contribution in [0.5, 0.6) is 5.75 Å². The minimum atomic E-state index is -0.540. The maximum Gasteiger partial charge on any atom is 0.181 e. The van der Waals surface area contributed by atoms with Gasteiger partial charge in [0.2, 0.25) is 0 Å². The summed E-state index contributed by atoms with van der Waals surface area (Å²) in [5, 5.41) is 0. The van der Waals surface area contributed by atoms with Crippen molar-refractivity contribution < 1.29 is 4.74 Å². The molecule has 0 saturated heterocycles. The van der Waals surface area contributed by atoms with E-state index in [4.69, 9.17) is 26.2 Å². The van der Waals surface area contributed by atoms with Gasteiger partial charge in [-0.25, -0.2) is 19.9 Å². The Hall–Kier alpha value is -3.10. The molecule has 8 nitrogen and oxygen atoms in total. The number of hydrogen-bond acceptors (Lipinski definition) is 8. The predicted octanol–water partition coefficient (Wildman–Crippen LogP) is 2.52. The number of benzene rings is 1. The van der Waals surface area contributed by atoms with Crippen LogP contribution in [0.4, 0.5) is 11.6 Å². The first-order valence-corrected chi connectivity index (χ1v) is 10.3. The zero-order valence-corrected chi connectivity index (χ0v) is 16.7. The topological polar surface area (TPSA) is 116 Å². The van der Waals surface area contributed by atoms with Crippen LogP contribution in [0, 0.1) is 0 Å². The summed E-state index contributed by atoms with van der Waals surface area (Å²) in [5.41, 5.74) is 13.2. The maximum atomic E-state index is 6.69. The number of nitrogens with zero attached hydrogens (tertiary/aromatic N) is 5. The Balaban J connectivity index is 1.51. The molecule has 0 bridgehead atoms. The average molecular weight is 403 g/mol. The van der Waals surface area contributed by atoms with Gasteiger partial charge < -0.3 is 21.1 Å². The van der Waals surface area contributed by atoms with Crippen molar-refractivity contribution in [2.24, 2.45) is 11.5 Å². The number of nitrogens with two attached hydrogens (primary N) is 2. The smallest absolute Gasteiger partial charge is 0.181 e. The van der Waals surface area contributed by atoms with E-state index in [0.29, 0.717) is 36.4 Å². The number of rotatable bonds is 3. The van der Waals surface area contributed by atoms with Crippen LogP contribution in [0.2, 0.25) is 0 Å². The second-order valence-electron chi connectivity index (χ2n) is 7.98. The van der Waals surface area contributed by atoms with Gasteiger partial charge in [0.05, 0.1) is 18.3 Å². The summed E-state index contributed by atoms with van der Waals surface area (Å²) in [4.78, 5) is 20.7. The minimum Gasteiger partial charge on any atom is -0.486 e. The third-order valence-corrected chi connectivity index (χ3v) is 5.88. The van der Waals surface area contributed by atoms with Crippen LogP contribution < -0.4 is 21.1 Å². The van der Waals surface area contributed by atoms with Gasteiger partial charge >= 0.3 is 0 Å². The molecule has 2 aliphatic rings. The van der Waals surface area contributed by atoms with Gasteiger partial charge in [-0.1, -0.05) is 30.3 Å². The number of aromatic nitrogens is 4. The molecule has 8 heteroatoms. The largest absolute Gasteiger partial charge is 0.486 e. The van der Waals surface area contributed by atoms with Gasteiger partial charge in [-0.2, -0.15) is 0 Å². The third kappa shape index (κ3) is 3.48. The van der Waals surface area contributed by atoms with Crippen LogP contribution in [0.15, 0.2) is 48.8 Å². The molecule has 0 spiro atoms. The van der Waals surface area contributed by atoms with Crippen LogP contribution >= 0.6 is 0 Å². The molecule has 1 saturated carbocycles. The molecule has 5 rings (SSSR count). The Labute approximate surface area is 175 Å². The van der Waals surface area contributed by atoms with Crippen LogP contribution in [-0.4, -0.2) is 39.1 Å². The summed E-state index contributed by atoms with van der Waals surface area (Å²) >= 11 is 0. The van der Waals surface area contributed by atoms with E-state index >= 15 is 0 Å². The fourth-order valence-electron chi connectivity index (χ4n) is 4.08. The van der Waals surface area contributed by atoms with E-state index in [1.807, 2.05) is 36.4 Å². The fourth-order valence-corrected chi connectivity index (χ4v) is 4.08. The van der Waals surface area contributed by atoms with E-state index < -0.39 is 5.54 Å². The molecular formula is C22H25N7O. The molecule has 1 aliphatic carbocycles. The molecule has 1 aliphatic heterocycles. The summed E-state index contributed by atoms with van der Waals surface area (Å²) in [5.74, 6) is 3.43. The van der Waals surface area contributed by atoms with Gasteiger partial charge in [-0.05, 0) is 31.7 Å². The van der Waals surface area contributed by atoms with Crippen molar-refractivity contribution in [1.82, 2.24) is 19.9 Å². The molecule has 1 aromatic carbocycles. The van der Waals surface area contributed by atoms with E-state index in [1.165, 1.54) is 0 Å². The lowest BCUT2D eigenvalue weighted by Gasteiger charge is -2.35. The Morgan fingerprint density at radius 2 is 1.83 bits per heavy atom. The number of hydrogen-bond donors (Lipinski definition) is 2. The first kappa shape index (κ1) is 18.9. The summed E-state index contributed by atoms with van der Waals surface area (Å²) in [6, 6.07) is 12.0.